The first-order valence-corrected chi connectivity index (χ1v) is 8.63. The van der Waals surface area contributed by atoms with Crippen LogP contribution in [0.4, 0.5) is 13.2 Å². The van der Waals surface area contributed by atoms with E-state index in [2.05, 4.69) is 20.4 Å². The molecule has 10 heteroatoms. The second-order valence-corrected chi connectivity index (χ2v) is 6.20. The van der Waals surface area contributed by atoms with Gasteiger partial charge in [0, 0.05) is 32.2 Å². The number of alkyl halides is 3. The van der Waals surface area contributed by atoms with Gasteiger partial charge in [0.1, 0.15) is 12.0 Å². The highest BCUT2D eigenvalue weighted by atomic mass is 127. The maximum absolute atomic E-state index is 12.6. The summed E-state index contributed by atoms with van der Waals surface area (Å²) in [5.74, 6) is 0.977. The van der Waals surface area contributed by atoms with Crippen LogP contribution in [0.25, 0.3) is 0 Å². The molecule has 1 saturated heterocycles. The number of halogens is 4. The van der Waals surface area contributed by atoms with Gasteiger partial charge in [-0.25, -0.2) is 4.99 Å². The molecule has 1 unspecified atom stereocenters. The number of hydrogen-bond acceptors (Lipinski definition) is 4. The number of likely N-dealkylation sites (tertiary alicyclic amines) is 1. The Morgan fingerprint density at radius 2 is 2.23 bits per heavy atom. The van der Waals surface area contributed by atoms with Crippen LogP contribution >= 0.6 is 24.0 Å². The van der Waals surface area contributed by atoms with Gasteiger partial charge in [-0.15, -0.1) is 24.0 Å². The van der Waals surface area contributed by atoms with Gasteiger partial charge in [0.25, 0.3) is 0 Å². The Morgan fingerprint density at radius 3 is 2.81 bits per heavy atom. The summed E-state index contributed by atoms with van der Waals surface area (Å²) in [5, 5.41) is 7.07. The molecule has 2 heterocycles. The molecule has 1 N–H and O–H groups in total. The maximum atomic E-state index is 12.6. The van der Waals surface area contributed by atoms with E-state index in [1.165, 1.54) is 11.2 Å². The van der Waals surface area contributed by atoms with Gasteiger partial charge >= 0.3 is 6.18 Å². The van der Waals surface area contributed by atoms with Gasteiger partial charge in [-0.3, -0.25) is 4.90 Å². The van der Waals surface area contributed by atoms with E-state index in [1.807, 2.05) is 6.92 Å². The summed E-state index contributed by atoms with van der Waals surface area (Å²) in [6.45, 7) is 6.40. The number of guanidine groups is 1. The third-order valence-corrected chi connectivity index (χ3v) is 4.17. The Bertz CT molecular complexity index is 538. The third-order valence-electron chi connectivity index (χ3n) is 4.17. The summed E-state index contributed by atoms with van der Waals surface area (Å²) in [6, 6.07) is 1.76. The normalized spacial score (nSPS) is 18.3. The molecule has 1 aliphatic heterocycles. The Balaban J connectivity index is 0.00000338. The molecule has 150 valence electrons. The van der Waals surface area contributed by atoms with Crippen LogP contribution in [0.15, 0.2) is 21.8 Å². The molecular formula is C16H27F3IN5O. The van der Waals surface area contributed by atoms with Crippen LogP contribution in [-0.4, -0.2) is 66.4 Å². The van der Waals surface area contributed by atoms with Crippen molar-refractivity contribution >= 4 is 29.9 Å². The highest BCUT2D eigenvalue weighted by molar-refractivity contribution is 14.0. The van der Waals surface area contributed by atoms with Gasteiger partial charge in [0.2, 0.25) is 0 Å². The molecule has 6 nitrogen and oxygen atoms in total. The van der Waals surface area contributed by atoms with E-state index in [9.17, 15) is 13.2 Å². The molecule has 0 amide bonds. The number of nitrogens with zero attached hydrogens (tertiary/aromatic N) is 4. The lowest BCUT2D eigenvalue weighted by molar-refractivity contribution is -0.146. The number of aromatic nitrogens is 1. The molecule has 1 atom stereocenters. The third kappa shape index (κ3) is 7.68. The first-order chi connectivity index (χ1) is 11.9. The van der Waals surface area contributed by atoms with Gasteiger partial charge in [-0.05, 0) is 25.8 Å². The van der Waals surface area contributed by atoms with E-state index in [4.69, 9.17) is 4.52 Å². The molecular weight excluding hydrogens is 462 g/mol. The molecule has 0 saturated carbocycles. The van der Waals surface area contributed by atoms with Gasteiger partial charge in [-0.1, -0.05) is 12.1 Å². The van der Waals surface area contributed by atoms with Crippen LogP contribution in [-0.2, 0) is 6.54 Å². The lowest BCUT2D eigenvalue weighted by Gasteiger charge is -2.26. The highest BCUT2D eigenvalue weighted by Crippen LogP contribution is 2.21. The zero-order valence-corrected chi connectivity index (χ0v) is 17.5. The molecule has 26 heavy (non-hydrogen) atoms. The zero-order chi connectivity index (χ0) is 18.3. The molecule has 1 aromatic heterocycles. The minimum atomic E-state index is -4.15. The average Bonchev–Trinajstić information content (AvgIpc) is 3.21. The second-order valence-electron chi connectivity index (χ2n) is 6.20. The minimum absolute atomic E-state index is 0. The van der Waals surface area contributed by atoms with Crippen LogP contribution in [0.5, 0.6) is 0 Å². The summed E-state index contributed by atoms with van der Waals surface area (Å²) >= 11 is 0. The number of rotatable bonds is 7. The Hall–Kier alpha value is -1.04. The number of aliphatic imine (C=N–C) groups is 1. The van der Waals surface area contributed by atoms with E-state index in [-0.39, 0.29) is 29.9 Å². The SMILES string of the molecule is CCNC(=NCc1ccon1)N1CCC(CN(CC)CC(F)(F)F)C1.I. The molecule has 2 rings (SSSR count). The Kier molecular flexibility index (Phi) is 9.69. The van der Waals surface area contributed by atoms with Crippen molar-refractivity contribution in [3.63, 3.8) is 0 Å². The van der Waals surface area contributed by atoms with E-state index in [0.29, 0.717) is 26.2 Å². The lowest BCUT2D eigenvalue weighted by Crippen LogP contribution is -2.41. The predicted molar refractivity (Wildman–Crippen MR) is 105 cm³/mol. The molecule has 0 aromatic carbocycles. The van der Waals surface area contributed by atoms with Crippen LogP contribution in [0.1, 0.15) is 26.0 Å². The van der Waals surface area contributed by atoms with Gasteiger partial charge in [-0.2, -0.15) is 13.2 Å². The van der Waals surface area contributed by atoms with Crippen LogP contribution < -0.4 is 5.32 Å². The second kappa shape index (κ2) is 11.0. The van der Waals surface area contributed by atoms with Crippen molar-refractivity contribution < 1.29 is 17.7 Å². The first-order valence-electron chi connectivity index (χ1n) is 8.63. The highest BCUT2D eigenvalue weighted by Gasteiger charge is 2.33. The quantitative estimate of drug-likeness (QED) is 0.363. The predicted octanol–water partition coefficient (Wildman–Crippen LogP) is 2.96. The zero-order valence-electron chi connectivity index (χ0n) is 15.1. The first kappa shape index (κ1) is 23.0. The summed E-state index contributed by atoms with van der Waals surface area (Å²) in [5.41, 5.74) is 0.744. The number of hydrogen-bond donors (Lipinski definition) is 1. The summed E-state index contributed by atoms with van der Waals surface area (Å²) in [6.07, 6.45) is -1.78. The molecule has 1 aliphatic rings. The Labute approximate surface area is 169 Å². The summed E-state index contributed by atoms with van der Waals surface area (Å²) in [4.78, 5) is 8.12. The minimum Gasteiger partial charge on any atom is -0.364 e. The van der Waals surface area contributed by atoms with Gasteiger partial charge in [0.05, 0.1) is 13.1 Å². The standard InChI is InChI=1S/C16H26F3N5O.HI/c1-3-20-15(21-9-14-6-8-25-22-14)24-7-5-13(11-24)10-23(4-2)12-16(17,18)19;/h6,8,13H,3-5,7,9-12H2,1-2H3,(H,20,21);1H. The van der Waals surface area contributed by atoms with Crippen molar-refractivity contribution in [2.45, 2.75) is 33.0 Å². The van der Waals surface area contributed by atoms with Gasteiger partial charge in [0.15, 0.2) is 5.96 Å². The molecule has 0 radical (unpaired) electrons. The monoisotopic (exact) mass is 489 g/mol. The van der Waals surface area contributed by atoms with Crippen molar-refractivity contribution in [3.8, 4) is 0 Å². The van der Waals surface area contributed by atoms with Crippen LogP contribution in [0.3, 0.4) is 0 Å². The molecule has 1 fully saturated rings. The van der Waals surface area contributed by atoms with Crippen molar-refractivity contribution in [1.82, 2.24) is 20.3 Å². The van der Waals surface area contributed by atoms with Gasteiger partial charge < -0.3 is 14.7 Å². The summed E-state index contributed by atoms with van der Waals surface area (Å²) in [7, 11) is 0. The van der Waals surface area contributed by atoms with Crippen molar-refractivity contribution in [2.24, 2.45) is 10.9 Å². The fourth-order valence-corrected chi connectivity index (χ4v) is 3.00. The fourth-order valence-electron chi connectivity index (χ4n) is 3.00. The van der Waals surface area contributed by atoms with E-state index in [1.54, 1.807) is 13.0 Å². The largest absolute Gasteiger partial charge is 0.401 e. The lowest BCUT2D eigenvalue weighted by atomic mass is 10.1. The van der Waals surface area contributed by atoms with E-state index >= 15 is 0 Å². The topological polar surface area (TPSA) is 56.9 Å². The molecule has 1 aromatic rings. The smallest absolute Gasteiger partial charge is 0.364 e. The number of nitrogens with one attached hydrogen (secondary N) is 1. The van der Waals surface area contributed by atoms with E-state index in [0.717, 1.165) is 31.2 Å². The molecule has 0 aliphatic carbocycles. The van der Waals surface area contributed by atoms with Crippen LogP contribution in [0.2, 0.25) is 0 Å². The molecule has 0 spiro atoms. The molecule has 0 bridgehead atoms. The average molecular weight is 489 g/mol. The van der Waals surface area contributed by atoms with Crippen LogP contribution in [0, 0.1) is 5.92 Å². The fraction of sp³-hybridized carbons (Fsp3) is 0.750. The van der Waals surface area contributed by atoms with Crippen molar-refractivity contribution in [2.75, 3.05) is 39.3 Å². The maximum Gasteiger partial charge on any atom is 0.401 e. The van der Waals surface area contributed by atoms with Crippen molar-refractivity contribution in [3.05, 3.63) is 18.0 Å². The van der Waals surface area contributed by atoms with E-state index < -0.39 is 12.7 Å². The van der Waals surface area contributed by atoms with Crippen molar-refractivity contribution in [1.29, 1.82) is 0 Å². The summed E-state index contributed by atoms with van der Waals surface area (Å²) < 4.78 is 42.6. The Morgan fingerprint density at radius 1 is 1.46 bits per heavy atom.